The van der Waals surface area contributed by atoms with Crippen LogP contribution in [-0.4, -0.2) is 55.0 Å². The molecule has 1 N–H and O–H groups in total. The van der Waals surface area contributed by atoms with Gasteiger partial charge in [0.2, 0.25) is 21.8 Å². The zero-order chi connectivity index (χ0) is 22.6. The lowest BCUT2D eigenvalue weighted by Crippen LogP contribution is -2.71. The van der Waals surface area contributed by atoms with Crippen molar-refractivity contribution < 1.29 is 22.4 Å². The molecule has 0 bridgehead atoms. The van der Waals surface area contributed by atoms with E-state index in [-0.39, 0.29) is 30.6 Å². The van der Waals surface area contributed by atoms with E-state index in [2.05, 4.69) is 5.32 Å². The molecule has 2 aliphatic rings. The molecule has 1 heterocycles. The third kappa shape index (κ3) is 5.26. The summed E-state index contributed by atoms with van der Waals surface area (Å²) in [5.41, 5.74) is -1.25. The fourth-order valence-electron chi connectivity index (χ4n) is 4.50. The van der Waals surface area contributed by atoms with Gasteiger partial charge in [0.1, 0.15) is 11.4 Å². The van der Waals surface area contributed by atoms with Crippen LogP contribution in [0.2, 0.25) is 0 Å². The predicted octanol–water partition coefficient (Wildman–Crippen LogP) is 2.81. The molecular weight excluding hydrogens is 421 g/mol. The van der Waals surface area contributed by atoms with E-state index >= 15 is 0 Å². The molecule has 1 aromatic carbocycles. The Bertz CT molecular complexity index is 915. The van der Waals surface area contributed by atoms with E-state index in [4.69, 9.17) is 0 Å². The minimum Gasteiger partial charge on any atom is -0.351 e. The number of benzene rings is 1. The number of amides is 2. The van der Waals surface area contributed by atoms with E-state index in [1.165, 1.54) is 36.4 Å². The topological polar surface area (TPSA) is 86.8 Å². The van der Waals surface area contributed by atoms with Gasteiger partial charge in [-0.05, 0) is 44.9 Å². The number of hydrogen-bond acceptors (Lipinski definition) is 4. The summed E-state index contributed by atoms with van der Waals surface area (Å²) in [7, 11) is -3.68. The first kappa shape index (κ1) is 23.7. The molecule has 1 atom stereocenters. The van der Waals surface area contributed by atoms with Gasteiger partial charge < -0.3 is 5.32 Å². The van der Waals surface area contributed by atoms with Gasteiger partial charge in [-0.15, -0.1) is 0 Å². The largest absolute Gasteiger partial charge is 0.351 e. The normalized spacial score (nSPS) is 24.5. The number of halogens is 1. The molecule has 1 aliphatic heterocycles. The summed E-state index contributed by atoms with van der Waals surface area (Å²) in [5, 5.41) is 3.07. The van der Waals surface area contributed by atoms with Gasteiger partial charge in [0, 0.05) is 18.3 Å². The number of nitrogens with one attached hydrogen (secondary N) is 1. The quantitative estimate of drug-likeness (QED) is 0.743. The van der Waals surface area contributed by atoms with Crippen molar-refractivity contribution in [3.05, 3.63) is 30.1 Å². The molecule has 9 heteroatoms. The summed E-state index contributed by atoms with van der Waals surface area (Å²) in [4.78, 5) is 27.9. The van der Waals surface area contributed by atoms with Crippen molar-refractivity contribution in [1.29, 1.82) is 0 Å². The molecule has 2 amide bonds. The van der Waals surface area contributed by atoms with Gasteiger partial charge in [-0.25, -0.2) is 12.8 Å². The maximum Gasteiger partial charge on any atom is 0.247 e. The molecule has 0 aromatic heterocycles. The van der Waals surface area contributed by atoms with Crippen molar-refractivity contribution in [3.63, 3.8) is 0 Å². The van der Waals surface area contributed by atoms with E-state index in [0.29, 0.717) is 0 Å². The second-order valence-corrected chi connectivity index (χ2v) is 10.9. The first-order chi connectivity index (χ1) is 14.7. The summed E-state index contributed by atoms with van der Waals surface area (Å²) in [6.45, 7) is 2.51. The number of carbonyl (C=O) groups is 2. The van der Waals surface area contributed by atoms with Crippen molar-refractivity contribution in [2.45, 2.75) is 70.4 Å². The Morgan fingerprint density at radius 1 is 1.19 bits per heavy atom. The monoisotopic (exact) mass is 453 g/mol. The molecule has 1 unspecified atom stereocenters. The highest BCUT2D eigenvalue weighted by Crippen LogP contribution is 2.31. The Hall–Kier alpha value is -2.00. The van der Waals surface area contributed by atoms with Crippen LogP contribution in [0.15, 0.2) is 24.3 Å². The summed E-state index contributed by atoms with van der Waals surface area (Å²) >= 11 is 0. The smallest absolute Gasteiger partial charge is 0.247 e. The van der Waals surface area contributed by atoms with Crippen molar-refractivity contribution in [1.82, 2.24) is 9.62 Å². The van der Waals surface area contributed by atoms with Gasteiger partial charge in [0.05, 0.1) is 12.3 Å². The summed E-state index contributed by atoms with van der Waals surface area (Å²) in [5.74, 6) is -1.66. The molecule has 31 heavy (non-hydrogen) atoms. The molecule has 3 rings (SSSR count). The lowest BCUT2D eigenvalue weighted by molar-refractivity contribution is -0.133. The first-order valence-corrected chi connectivity index (χ1v) is 12.7. The summed E-state index contributed by atoms with van der Waals surface area (Å²) in [6.07, 6.45) is 7.19. The van der Waals surface area contributed by atoms with Gasteiger partial charge in [-0.1, -0.05) is 38.2 Å². The van der Waals surface area contributed by atoms with Crippen LogP contribution in [0.3, 0.4) is 0 Å². The number of rotatable bonds is 5. The highest BCUT2D eigenvalue weighted by molar-refractivity contribution is 7.89. The zero-order valence-electron chi connectivity index (χ0n) is 18.3. The molecule has 2 fully saturated rings. The molecule has 7 nitrogen and oxygen atoms in total. The fraction of sp³-hybridized carbons (Fsp3) is 0.636. The number of nitrogens with zero attached hydrogens (tertiary/aromatic N) is 2. The highest BCUT2D eigenvalue weighted by Gasteiger charge is 2.51. The van der Waals surface area contributed by atoms with Gasteiger partial charge >= 0.3 is 0 Å². The molecular formula is C22H32FN3O4S. The predicted molar refractivity (Wildman–Crippen MR) is 118 cm³/mol. The van der Waals surface area contributed by atoms with Crippen LogP contribution >= 0.6 is 0 Å². The van der Waals surface area contributed by atoms with Gasteiger partial charge in [-0.2, -0.15) is 4.31 Å². The van der Waals surface area contributed by atoms with Crippen LogP contribution in [0.1, 0.15) is 58.8 Å². The van der Waals surface area contributed by atoms with Crippen LogP contribution in [0.25, 0.3) is 0 Å². The lowest BCUT2D eigenvalue weighted by atomic mass is 9.92. The van der Waals surface area contributed by atoms with Crippen LogP contribution < -0.4 is 10.2 Å². The minimum absolute atomic E-state index is 0.0211. The second kappa shape index (κ2) is 9.65. The maximum absolute atomic E-state index is 13.9. The maximum atomic E-state index is 13.9. The van der Waals surface area contributed by atoms with Crippen LogP contribution in [0.4, 0.5) is 10.1 Å². The second-order valence-electron chi connectivity index (χ2n) is 8.67. The number of piperazine rings is 1. The van der Waals surface area contributed by atoms with Crippen LogP contribution in [0.5, 0.6) is 0 Å². The Morgan fingerprint density at radius 3 is 2.45 bits per heavy atom. The van der Waals surface area contributed by atoms with Crippen LogP contribution in [-0.2, 0) is 19.6 Å². The van der Waals surface area contributed by atoms with Crippen molar-refractivity contribution in [2.24, 2.45) is 0 Å². The number of carbonyl (C=O) groups excluding carboxylic acids is 2. The zero-order valence-corrected chi connectivity index (χ0v) is 19.1. The number of anilines is 1. The first-order valence-electron chi connectivity index (χ1n) is 11.0. The average Bonchev–Trinajstić information content (AvgIpc) is 2.69. The van der Waals surface area contributed by atoms with E-state index in [0.717, 1.165) is 42.8 Å². The molecule has 0 spiro atoms. The third-order valence-corrected chi connectivity index (χ3v) is 8.07. The molecule has 0 radical (unpaired) electrons. The molecule has 172 valence electrons. The molecule has 1 saturated carbocycles. The number of hydrogen-bond donors (Lipinski definition) is 1. The Labute approximate surface area is 184 Å². The van der Waals surface area contributed by atoms with Crippen LogP contribution in [0, 0.1) is 5.82 Å². The lowest BCUT2D eigenvalue weighted by Gasteiger charge is -2.47. The standard InChI is InChI=1S/C22H32FN3O4S/c1-3-31(29,30)25-15-20(27)26(19-13-9-10-17(23)14-19)22(2,16-25)21(28)24-18-11-7-5-4-6-8-12-18/h9-10,13-14,18H,3-8,11-12,15-16H2,1-2H3,(H,24,28). The van der Waals surface area contributed by atoms with E-state index in [1.54, 1.807) is 13.0 Å². The van der Waals surface area contributed by atoms with Gasteiger partial charge in [-0.3, -0.25) is 14.5 Å². The highest BCUT2D eigenvalue weighted by atomic mass is 32.2. The fourth-order valence-corrected chi connectivity index (χ4v) is 5.63. The minimum atomic E-state index is -3.68. The van der Waals surface area contributed by atoms with Gasteiger partial charge in [0.15, 0.2) is 0 Å². The molecule has 1 aliphatic carbocycles. The van der Waals surface area contributed by atoms with E-state index in [9.17, 15) is 22.4 Å². The summed E-state index contributed by atoms with van der Waals surface area (Å²) in [6, 6.07) is 5.47. The Balaban J connectivity index is 1.95. The van der Waals surface area contributed by atoms with E-state index < -0.39 is 33.2 Å². The van der Waals surface area contributed by atoms with E-state index in [1.807, 2.05) is 0 Å². The summed E-state index contributed by atoms with van der Waals surface area (Å²) < 4.78 is 40.1. The average molecular weight is 454 g/mol. The molecule has 1 saturated heterocycles. The van der Waals surface area contributed by atoms with Crippen molar-refractivity contribution in [3.8, 4) is 0 Å². The third-order valence-electron chi connectivity index (χ3n) is 6.29. The Morgan fingerprint density at radius 2 is 1.84 bits per heavy atom. The number of sulfonamides is 1. The molecule has 1 aromatic rings. The van der Waals surface area contributed by atoms with Gasteiger partial charge in [0.25, 0.3) is 0 Å². The SMILES string of the molecule is CCS(=O)(=O)N1CC(=O)N(c2cccc(F)c2)C(C)(C(=O)NC2CCCCCCC2)C1. The Kier molecular flexibility index (Phi) is 7.36. The van der Waals surface area contributed by atoms with Crippen molar-refractivity contribution in [2.75, 3.05) is 23.7 Å². The van der Waals surface area contributed by atoms with Crippen molar-refractivity contribution >= 4 is 27.5 Å².